The van der Waals surface area contributed by atoms with E-state index >= 15 is 0 Å². The Labute approximate surface area is 136 Å². The van der Waals surface area contributed by atoms with Crippen LogP contribution in [0.15, 0.2) is 42.7 Å². The van der Waals surface area contributed by atoms with E-state index in [9.17, 15) is 18.0 Å². The molecule has 0 radical (unpaired) electrons. The highest BCUT2D eigenvalue weighted by Crippen LogP contribution is 2.26. The molecule has 0 fully saturated rings. The van der Waals surface area contributed by atoms with Crippen LogP contribution in [0.2, 0.25) is 0 Å². The standard InChI is InChI=1S/C16H15F3N2O3/c1-15(2,13(22)10-14-20-8-3-9-21-14)23-11-4-6-12(7-5-11)24-16(17,18)19/h3-9H,10H2,1-2H3. The number of benzene rings is 1. The van der Waals surface area contributed by atoms with Crippen LogP contribution in [-0.4, -0.2) is 27.7 Å². The highest BCUT2D eigenvalue weighted by molar-refractivity contribution is 5.88. The lowest BCUT2D eigenvalue weighted by atomic mass is 10.00. The molecular weight excluding hydrogens is 325 g/mol. The van der Waals surface area contributed by atoms with Crippen LogP contribution in [0.5, 0.6) is 11.5 Å². The number of halogens is 3. The Morgan fingerprint density at radius 3 is 2.00 bits per heavy atom. The molecule has 0 N–H and O–H groups in total. The van der Waals surface area contributed by atoms with Gasteiger partial charge >= 0.3 is 6.36 Å². The fraction of sp³-hybridized carbons (Fsp3) is 0.312. The molecule has 0 aliphatic heterocycles. The first-order valence-electron chi connectivity index (χ1n) is 7.00. The molecule has 2 rings (SSSR count). The minimum atomic E-state index is -4.76. The molecule has 0 aliphatic carbocycles. The molecule has 1 aromatic carbocycles. The summed E-state index contributed by atoms with van der Waals surface area (Å²) in [6, 6.07) is 6.47. The van der Waals surface area contributed by atoms with Crippen molar-refractivity contribution in [1.29, 1.82) is 0 Å². The van der Waals surface area contributed by atoms with Gasteiger partial charge in [-0.3, -0.25) is 4.79 Å². The largest absolute Gasteiger partial charge is 0.573 e. The number of rotatable bonds is 6. The van der Waals surface area contributed by atoms with Crippen LogP contribution in [0, 0.1) is 0 Å². The van der Waals surface area contributed by atoms with Gasteiger partial charge in [0.05, 0.1) is 6.42 Å². The maximum absolute atomic E-state index is 12.3. The quantitative estimate of drug-likeness (QED) is 0.807. The molecule has 0 bridgehead atoms. The van der Waals surface area contributed by atoms with Gasteiger partial charge in [0.25, 0.3) is 0 Å². The Kier molecular flexibility index (Phi) is 5.06. The zero-order valence-corrected chi connectivity index (χ0v) is 13.0. The number of carbonyl (C=O) groups excluding carboxylic acids is 1. The SMILES string of the molecule is CC(C)(Oc1ccc(OC(F)(F)F)cc1)C(=O)Cc1ncccn1. The number of carbonyl (C=O) groups is 1. The van der Waals surface area contributed by atoms with Gasteiger partial charge < -0.3 is 9.47 Å². The third-order valence-electron chi connectivity index (χ3n) is 3.04. The Hall–Kier alpha value is -2.64. The van der Waals surface area contributed by atoms with Crippen LogP contribution in [-0.2, 0) is 11.2 Å². The van der Waals surface area contributed by atoms with Gasteiger partial charge in [0.2, 0.25) is 0 Å². The van der Waals surface area contributed by atoms with Gasteiger partial charge in [0.15, 0.2) is 11.4 Å². The van der Waals surface area contributed by atoms with Crippen molar-refractivity contribution in [2.75, 3.05) is 0 Å². The Bertz CT molecular complexity index is 686. The molecule has 0 atom stereocenters. The number of ether oxygens (including phenoxy) is 2. The van der Waals surface area contributed by atoms with Crippen LogP contribution < -0.4 is 9.47 Å². The molecule has 0 amide bonds. The number of alkyl halides is 3. The summed E-state index contributed by atoms with van der Waals surface area (Å²) in [7, 11) is 0. The molecule has 0 saturated heterocycles. The van der Waals surface area contributed by atoms with E-state index in [1.807, 2.05) is 0 Å². The zero-order valence-electron chi connectivity index (χ0n) is 13.0. The number of aromatic nitrogens is 2. The summed E-state index contributed by atoms with van der Waals surface area (Å²) in [5, 5.41) is 0. The highest BCUT2D eigenvalue weighted by atomic mass is 19.4. The van der Waals surface area contributed by atoms with E-state index in [0.29, 0.717) is 5.82 Å². The van der Waals surface area contributed by atoms with Crippen LogP contribution in [0.4, 0.5) is 13.2 Å². The van der Waals surface area contributed by atoms with Gasteiger partial charge in [-0.15, -0.1) is 13.2 Å². The van der Waals surface area contributed by atoms with Crippen molar-refractivity contribution in [2.45, 2.75) is 32.2 Å². The minimum Gasteiger partial charge on any atom is -0.480 e. The summed E-state index contributed by atoms with van der Waals surface area (Å²) in [6.45, 7) is 3.14. The third-order valence-corrected chi connectivity index (χ3v) is 3.04. The van der Waals surface area contributed by atoms with E-state index in [0.717, 1.165) is 12.1 Å². The van der Waals surface area contributed by atoms with Crippen LogP contribution in [0.25, 0.3) is 0 Å². The highest BCUT2D eigenvalue weighted by Gasteiger charge is 2.32. The topological polar surface area (TPSA) is 61.3 Å². The van der Waals surface area contributed by atoms with Crippen LogP contribution >= 0.6 is 0 Å². The fourth-order valence-electron chi connectivity index (χ4n) is 1.84. The molecule has 2 aromatic rings. The molecule has 0 spiro atoms. The first-order valence-corrected chi connectivity index (χ1v) is 7.00. The summed E-state index contributed by atoms with van der Waals surface area (Å²) < 4.78 is 45.7. The van der Waals surface area contributed by atoms with Gasteiger partial charge in [-0.2, -0.15) is 0 Å². The summed E-state index contributed by atoms with van der Waals surface area (Å²) in [6.07, 6.45) is -1.71. The second kappa shape index (κ2) is 6.86. The number of Topliss-reactive ketones (excluding diaryl/α,β-unsaturated/α-hetero) is 1. The lowest BCUT2D eigenvalue weighted by Crippen LogP contribution is -2.39. The van der Waals surface area contributed by atoms with E-state index in [1.54, 1.807) is 19.9 Å². The van der Waals surface area contributed by atoms with Gasteiger partial charge in [0, 0.05) is 12.4 Å². The van der Waals surface area contributed by atoms with E-state index < -0.39 is 12.0 Å². The van der Waals surface area contributed by atoms with Gasteiger partial charge in [-0.05, 0) is 44.2 Å². The van der Waals surface area contributed by atoms with Crippen molar-refractivity contribution in [3.05, 3.63) is 48.5 Å². The minimum absolute atomic E-state index is 0.0108. The molecule has 1 heterocycles. The van der Waals surface area contributed by atoms with E-state index in [2.05, 4.69) is 14.7 Å². The van der Waals surface area contributed by atoms with Crippen molar-refractivity contribution in [2.24, 2.45) is 0 Å². The molecule has 0 saturated carbocycles. The molecular formula is C16H15F3N2O3. The lowest BCUT2D eigenvalue weighted by Gasteiger charge is -2.25. The molecule has 0 aliphatic rings. The first kappa shape index (κ1) is 17.7. The Morgan fingerprint density at radius 2 is 1.50 bits per heavy atom. The smallest absolute Gasteiger partial charge is 0.480 e. The average Bonchev–Trinajstić information content (AvgIpc) is 2.48. The zero-order chi connectivity index (χ0) is 17.8. The molecule has 128 valence electrons. The Morgan fingerprint density at radius 1 is 1.00 bits per heavy atom. The second-order valence-corrected chi connectivity index (χ2v) is 5.40. The summed E-state index contributed by atoms with van der Waals surface area (Å²) >= 11 is 0. The third kappa shape index (κ3) is 5.22. The van der Waals surface area contributed by atoms with Crippen molar-refractivity contribution < 1.29 is 27.4 Å². The number of ketones is 1. The van der Waals surface area contributed by atoms with Gasteiger partial charge in [-0.25, -0.2) is 9.97 Å². The molecule has 0 unspecified atom stereocenters. The normalized spacial score (nSPS) is 11.9. The van der Waals surface area contributed by atoms with Crippen molar-refractivity contribution in [3.63, 3.8) is 0 Å². The van der Waals surface area contributed by atoms with Crippen LogP contribution in [0.1, 0.15) is 19.7 Å². The first-order chi connectivity index (χ1) is 11.2. The summed E-state index contributed by atoms with van der Waals surface area (Å²) in [5.74, 6) is -0.00839. The van der Waals surface area contributed by atoms with Gasteiger partial charge in [0.1, 0.15) is 17.3 Å². The van der Waals surface area contributed by atoms with Crippen LogP contribution in [0.3, 0.4) is 0 Å². The molecule has 1 aromatic heterocycles. The lowest BCUT2D eigenvalue weighted by molar-refractivity contribution is -0.274. The monoisotopic (exact) mass is 340 g/mol. The predicted molar refractivity (Wildman–Crippen MR) is 78.6 cm³/mol. The average molecular weight is 340 g/mol. The second-order valence-electron chi connectivity index (χ2n) is 5.40. The fourth-order valence-corrected chi connectivity index (χ4v) is 1.84. The molecule has 8 heteroatoms. The number of hydrogen-bond donors (Lipinski definition) is 0. The van der Waals surface area contributed by atoms with E-state index in [1.165, 1.54) is 24.5 Å². The summed E-state index contributed by atoms with van der Waals surface area (Å²) in [5.41, 5.74) is -1.19. The maximum Gasteiger partial charge on any atom is 0.573 e. The molecule has 5 nitrogen and oxygen atoms in total. The summed E-state index contributed by atoms with van der Waals surface area (Å²) in [4.78, 5) is 20.3. The number of nitrogens with zero attached hydrogens (tertiary/aromatic N) is 2. The van der Waals surface area contributed by atoms with Crippen molar-refractivity contribution in [3.8, 4) is 11.5 Å². The van der Waals surface area contributed by atoms with Crippen molar-refractivity contribution >= 4 is 5.78 Å². The molecule has 24 heavy (non-hydrogen) atoms. The Balaban J connectivity index is 2.01. The van der Waals surface area contributed by atoms with Gasteiger partial charge in [-0.1, -0.05) is 0 Å². The predicted octanol–water partition coefficient (Wildman–Crippen LogP) is 3.34. The van der Waals surface area contributed by atoms with E-state index in [4.69, 9.17) is 4.74 Å². The van der Waals surface area contributed by atoms with Crippen molar-refractivity contribution in [1.82, 2.24) is 9.97 Å². The number of hydrogen-bond acceptors (Lipinski definition) is 5. The van der Waals surface area contributed by atoms with E-state index in [-0.39, 0.29) is 23.7 Å². The maximum atomic E-state index is 12.3.